The van der Waals surface area contributed by atoms with E-state index in [1.165, 1.54) is 12.3 Å². The molecule has 2 aromatic heterocycles. The number of aromatic nitrogens is 2. The van der Waals surface area contributed by atoms with Crippen molar-refractivity contribution in [3.8, 4) is 11.6 Å². The van der Waals surface area contributed by atoms with Crippen LogP contribution in [0.25, 0.3) is 11.6 Å². The van der Waals surface area contributed by atoms with Gasteiger partial charge in [0.1, 0.15) is 5.69 Å². The topological polar surface area (TPSA) is 41.8 Å². The fourth-order valence-electron chi connectivity index (χ4n) is 1.00. The predicted molar refractivity (Wildman–Crippen MR) is 41.3 cm³/mol. The van der Waals surface area contributed by atoms with Gasteiger partial charge in [-0.2, -0.15) is 13.2 Å². The second-order valence-electron chi connectivity index (χ2n) is 2.62. The van der Waals surface area contributed by atoms with Crippen LogP contribution >= 0.6 is 0 Å². The lowest BCUT2D eigenvalue weighted by Crippen LogP contribution is -2.04. The minimum absolute atomic E-state index is 0.0716. The molecular formula is C8H5F3N2O. The predicted octanol–water partition coefficient (Wildman–Crippen LogP) is 2.69. The second kappa shape index (κ2) is 2.90. The molecule has 0 bridgehead atoms. The van der Waals surface area contributed by atoms with Crippen molar-refractivity contribution in [3.05, 3.63) is 30.3 Å². The molecule has 74 valence electrons. The zero-order chi connectivity index (χ0) is 10.2. The molecule has 0 saturated heterocycles. The number of H-pyrrole nitrogens is 1. The molecule has 2 heterocycles. The second-order valence-corrected chi connectivity index (χ2v) is 2.62. The molecule has 2 rings (SSSR count). The van der Waals surface area contributed by atoms with Crippen LogP contribution in [-0.2, 0) is 6.18 Å². The van der Waals surface area contributed by atoms with Gasteiger partial charge in [0.05, 0.1) is 12.5 Å². The molecule has 1 N–H and O–H groups in total. The van der Waals surface area contributed by atoms with Gasteiger partial charge >= 0.3 is 6.18 Å². The summed E-state index contributed by atoms with van der Waals surface area (Å²) < 4.78 is 41.3. The van der Waals surface area contributed by atoms with Crippen LogP contribution in [0.2, 0.25) is 0 Å². The lowest BCUT2D eigenvalue weighted by molar-refractivity contribution is -0.140. The van der Waals surface area contributed by atoms with Crippen LogP contribution in [0.3, 0.4) is 0 Å². The fraction of sp³-hybridized carbons (Fsp3) is 0.125. The van der Waals surface area contributed by atoms with Crippen molar-refractivity contribution in [1.82, 2.24) is 9.97 Å². The van der Waals surface area contributed by atoms with Gasteiger partial charge in [-0.25, -0.2) is 4.98 Å². The van der Waals surface area contributed by atoms with Crippen LogP contribution < -0.4 is 0 Å². The van der Waals surface area contributed by atoms with Gasteiger partial charge in [0, 0.05) is 0 Å². The smallest absolute Gasteiger partial charge is 0.432 e. The van der Waals surface area contributed by atoms with Gasteiger partial charge in [-0.3, -0.25) is 0 Å². The van der Waals surface area contributed by atoms with Crippen molar-refractivity contribution < 1.29 is 17.6 Å². The van der Waals surface area contributed by atoms with E-state index >= 15 is 0 Å². The van der Waals surface area contributed by atoms with Gasteiger partial charge < -0.3 is 9.40 Å². The molecule has 0 aliphatic heterocycles. The van der Waals surface area contributed by atoms with Crippen molar-refractivity contribution in [2.75, 3.05) is 0 Å². The molecule has 0 aliphatic carbocycles. The van der Waals surface area contributed by atoms with Crippen LogP contribution in [0.4, 0.5) is 13.2 Å². The highest BCUT2D eigenvalue weighted by Crippen LogP contribution is 2.29. The lowest BCUT2D eigenvalue weighted by Gasteiger charge is -2.00. The monoisotopic (exact) mass is 202 g/mol. The third kappa shape index (κ3) is 1.50. The van der Waals surface area contributed by atoms with Crippen molar-refractivity contribution in [2.24, 2.45) is 0 Å². The van der Waals surface area contributed by atoms with E-state index in [2.05, 4.69) is 9.97 Å². The molecule has 0 unspecified atom stereocenters. The Bertz CT molecular complexity index is 416. The summed E-state index contributed by atoms with van der Waals surface area (Å²) in [7, 11) is 0. The van der Waals surface area contributed by atoms with E-state index in [1.54, 1.807) is 6.07 Å². The Balaban J connectivity index is 2.36. The number of aromatic amines is 1. The van der Waals surface area contributed by atoms with Gasteiger partial charge in [0.2, 0.25) is 0 Å². The number of hydrogen-bond donors (Lipinski definition) is 1. The van der Waals surface area contributed by atoms with Crippen molar-refractivity contribution in [2.45, 2.75) is 6.18 Å². The fourth-order valence-corrected chi connectivity index (χ4v) is 1.00. The van der Waals surface area contributed by atoms with Crippen LogP contribution in [0.15, 0.2) is 29.0 Å². The number of halogens is 3. The molecule has 0 radical (unpaired) electrons. The molecule has 3 nitrogen and oxygen atoms in total. The third-order valence-corrected chi connectivity index (χ3v) is 1.64. The summed E-state index contributed by atoms with van der Waals surface area (Å²) >= 11 is 0. The van der Waals surface area contributed by atoms with Gasteiger partial charge in [-0.1, -0.05) is 0 Å². The minimum atomic E-state index is -4.40. The number of hydrogen-bond acceptors (Lipinski definition) is 2. The van der Waals surface area contributed by atoms with Gasteiger partial charge in [0.15, 0.2) is 11.6 Å². The Hall–Kier alpha value is -1.72. The summed E-state index contributed by atoms with van der Waals surface area (Å²) in [5.74, 6) is 0.350. The Morgan fingerprint density at radius 1 is 1.36 bits per heavy atom. The highest BCUT2D eigenvalue weighted by atomic mass is 19.4. The van der Waals surface area contributed by atoms with Crippen LogP contribution in [0.5, 0.6) is 0 Å². The minimum Gasteiger partial charge on any atom is -0.461 e. The molecule has 0 amide bonds. The molecule has 0 aliphatic rings. The van der Waals surface area contributed by atoms with E-state index in [-0.39, 0.29) is 11.6 Å². The zero-order valence-corrected chi connectivity index (χ0v) is 6.80. The molecule has 0 atom stereocenters. The van der Waals surface area contributed by atoms with Gasteiger partial charge in [0.25, 0.3) is 0 Å². The molecule has 14 heavy (non-hydrogen) atoms. The molecule has 0 aromatic carbocycles. The number of imidazole rings is 1. The van der Waals surface area contributed by atoms with E-state index in [0.29, 0.717) is 0 Å². The number of furan rings is 1. The molecule has 0 saturated carbocycles. The first-order valence-corrected chi connectivity index (χ1v) is 3.73. The van der Waals surface area contributed by atoms with E-state index in [1.807, 2.05) is 0 Å². The average molecular weight is 202 g/mol. The van der Waals surface area contributed by atoms with Crippen LogP contribution in [-0.4, -0.2) is 9.97 Å². The SMILES string of the molecule is FC(F)(F)c1cnc(-c2ccco2)[nH]1. The zero-order valence-electron chi connectivity index (χ0n) is 6.80. The van der Waals surface area contributed by atoms with Crippen molar-refractivity contribution in [1.29, 1.82) is 0 Å². The summed E-state index contributed by atoms with van der Waals surface area (Å²) in [6.07, 6.45) is -2.30. The standard InChI is InChI=1S/C8H5F3N2O/c9-8(10,11)6-4-12-7(13-6)5-2-1-3-14-5/h1-4H,(H,12,13). The van der Waals surface area contributed by atoms with E-state index in [4.69, 9.17) is 4.42 Å². The summed E-state index contributed by atoms with van der Waals surface area (Å²) in [5, 5.41) is 0. The average Bonchev–Trinajstić information content (AvgIpc) is 2.73. The van der Waals surface area contributed by atoms with Gasteiger partial charge in [-0.15, -0.1) is 0 Å². The maximum absolute atomic E-state index is 12.1. The summed E-state index contributed by atoms with van der Waals surface area (Å²) in [6.45, 7) is 0. The van der Waals surface area contributed by atoms with E-state index < -0.39 is 11.9 Å². The number of alkyl halides is 3. The lowest BCUT2D eigenvalue weighted by atomic mass is 10.4. The largest absolute Gasteiger partial charge is 0.461 e. The van der Waals surface area contributed by atoms with Crippen molar-refractivity contribution in [3.63, 3.8) is 0 Å². The Morgan fingerprint density at radius 2 is 2.14 bits per heavy atom. The maximum Gasteiger partial charge on any atom is 0.432 e. The summed E-state index contributed by atoms with van der Waals surface area (Å²) in [6, 6.07) is 3.10. The first kappa shape index (κ1) is 8.86. The summed E-state index contributed by atoms with van der Waals surface area (Å²) in [4.78, 5) is 5.68. The van der Waals surface area contributed by atoms with E-state index in [9.17, 15) is 13.2 Å². The molecule has 6 heteroatoms. The number of nitrogens with one attached hydrogen (secondary N) is 1. The van der Waals surface area contributed by atoms with E-state index in [0.717, 1.165) is 6.20 Å². The first-order valence-electron chi connectivity index (χ1n) is 3.73. The van der Waals surface area contributed by atoms with Crippen LogP contribution in [0.1, 0.15) is 5.69 Å². The van der Waals surface area contributed by atoms with Gasteiger partial charge in [-0.05, 0) is 12.1 Å². The molecular weight excluding hydrogens is 197 g/mol. The Morgan fingerprint density at radius 3 is 2.64 bits per heavy atom. The molecule has 0 spiro atoms. The first-order chi connectivity index (χ1) is 6.57. The van der Waals surface area contributed by atoms with Crippen LogP contribution in [0, 0.1) is 0 Å². The Kier molecular flexibility index (Phi) is 1.83. The maximum atomic E-state index is 12.1. The number of rotatable bonds is 1. The normalized spacial score (nSPS) is 11.9. The third-order valence-electron chi connectivity index (χ3n) is 1.64. The number of nitrogens with zero attached hydrogens (tertiary/aromatic N) is 1. The summed E-state index contributed by atoms with van der Waals surface area (Å²) in [5.41, 5.74) is -0.885. The molecule has 2 aromatic rings. The van der Waals surface area contributed by atoms with Crippen molar-refractivity contribution >= 4 is 0 Å². The Labute approximate surface area is 76.6 Å². The molecule has 0 fully saturated rings. The highest BCUT2D eigenvalue weighted by molar-refractivity contribution is 5.46. The quantitative estimate of drug-likeness (QED) is 0.772. The highest BCUT2D eigenvalue weighted by Gasteiger charge is 2.33.